The third-order valence-corrected chi connectivity index (χ3v) is 8.06. The molecule has 11 heteroatoms. The quantitative estimate of drug-likeness (QED) is 0.406. The maximum atomic E-state index is 13.6. The number of fused-ring (bicyclic) bond motifs is 5. The zero-order valence-electron chi connectivity index (χ0n) is 24.5. The molecule has 4 rings (SSSR count). The number of carbonyl (C=O) groups excluding carboxylic acids is 2. The van der Waals surface area contributed by atoms with Gasteiger partial charge in [0.25, 0.3) is 0 Å². The van der Waals surface area contributed by atoms with Gasteiger partial charge in [0.2, 0.25) is 11.8 Å². The third-order valence-electron chi connectivity index (χ3n) is 8.06. The molecule has 2 aliphatic rings. The Bertz CT molecular complexity index is 1260. The maximum absolute atomic E-state index is 13.6. The number of aliphatic hydroxyl groups excluding tert-OH is 1. The van der Waals surface area contributed by atoms with Gasteiger partial charge in [-0.15, -0.1) is 0 Å². The number of ether oxygens (including phenoxy) is 2. The number of carbonyl (C=O) groups is 2. The Morgan fingerprint density at radius 2 is 1.91 bits per heavy atom. The number of likely N-dealkylation sites (N-methyl/N-ethyl adjacent to an activating group) is 1. The molecule has 0 fully saturated rings. The van der Waals surface area contributed by atoms with Crippen molar-refractivity contribution >= 4 is 11.8 Å². The van der Waals surface area contributed by atoms with Gasteiger partial charge in [0, 0.05) is 32.5 Å². The van der Waals surface area contributed by atoms with E-state index in [-0.39, 0.29) is 44.6 Å². The Morgan fingerprint density at radius 1 is 1.14 bits per heavy atom. The van der Waals surface area contributed by atoms with Crippen molar-refractivity contribution in [3.63, 3.8) is 0 Å². The van der Waals surface area contributed by atoms with Crippen molar-refractivity contribution in [2.24, 2.45) is 0 Å². The number of amides is 2. The van der Waals surface area contributed by atoms with Crippen LogP contribution in [-0.4, -0.2) is 73.5 Å². The van der Waals surface area contributed by atoms with Crippen LogP contribution in [0.3, 0.4) is 0 Å². The van der Waals surface area contributed by atoms with Gasteiger partial charge in [0.1, 0.15) is 11.8 Å². The van der Waals surface area contributed by atoms with Crippen molar-refractivity contribution in [2.45, 2.75) is 75.0 Å². The lowest BCUT2D eigenvalue weighted by atomic mass is 9.99. The van der Waals surface area contributed by atoms with Gasteiger partial charge in [-0.05, 0) is 54.5 Å². The number of alkyl halides is 3. The second kappa shape index (κ2) is 14.9. The summed E-state index contributed by atoms with van der Waals surface area (Å²) in [5.41, 5.74) is 2.97. The van der Waals surface area contributed by atoms with E-state index in [1.807, 2.05) is 48.5 Å². The number of hydrogen-bond donors (Lipinski definition) is 3. The molecular weight excluding hydrogens is 563 g/mol. The summed E-state index contributed by atoms with van der Waals surface area (Å²) in [5, 5.41) is 17.8. The lowest BCUT2D eigenvalue weighted by molar-refractivity contribution is -0.143. The van der Waals surface area contributed by atoms with Crippen LogP contribution in [0.4, 0.5) is 13.2 Å². The zero-order chi connectivity index (χ0) is 31.0. The number of rotatable bonds is 7. The van der Waals surface area contributed by atoms with Gasteiger partial charge in [-0.3, -0.25) is 9.59 Å². The molecule has 0 unspecified atom stereocenters. The largest absolute Gasteiger partial charge is 0.497 e. The van der Waals surface area contributed by atoms with Crippen LogP contribution in [0.15, 0.2) is 60.7 Å². The molecule has 0 saturated carbocycles. The predicted octanol–water partition coefficient (Wildman–Crippen LogP) is 4.40. The van der Waals surface area contributed by atoms with Crippen LogP contribution >= 0.6 is 0 Å². The van der Waals surface area contributed by atoms with E-state index in [2.05, 4.69) is 10.6 Å². The second-order valence-electron chi connectivity index (χ2n) is 11.1. The Kier molecular flexibility index (Phi) is 11.2. The molecule has 5 atom stereocenters. The molecule has 0 spiro atoms. The molecule has 8 nitrogen and oxygen atoms in total. The van der Waals surface area contributed by atoms with Crippen LogP contribution in [-0.2, 0) is 20.7 Å². The number of hydrogen-bond acceptors (Lipinski definition) is 6. The normalized spacial score (nSPS) is 25.5. The summed E-state index contributed by atoms with van der Waals surface area (Å²) >= 11 is 0. The van der Waals surface area contributed by atoms with Gasteiger partial charge in [0.15, 0.2) is 0 Å². The number of aliphatic hydroxyl groups is 1. The van der Waals surface area contributed by atoms with Crippen LogP contribution in [0.2, 0.25) is 0 Å². The highest BCUT2D eigenvalue weighted by Crippen LogP contribution is 2.42. The number of halogens is 3. The van der Waals surface area contributed by atoms with Crippen LogP contribution in [0.1, 0.15) is 60.9 Å². The third kappa shape index (κ3) is 9.04. The lowest BCUT2D eigenvalue weighted by Crippen LogP contribution is -2.55. The smallest absolute Gasteiger partial charge is 0.389 e. The fourth-order valence-electron chi connectivity index (χ4n) is 5.63. The summed E-state index contributed by atoms with van der Waals surface area (Å²) in [4.78, 5) is 27.7. The number of benzene rings is 2. The average molecular weight is 604 g/mol. The highest BCUT2D eigenvalue weighted by atomic mass is 19.4. The minimum Gasteiger partial charge on any atom is -0.497 e. The summed E-state index contributed by atoms with van der Waals surface area (Å²) in [6.07, 6.45) is -2.68. The first kappa shape index (κ1) is 32.5. The van der Waals surface area contributed by atoms with Gasteiger partial charge in [-0.25, -0.2) is 0 Å². The van der Waals surface area contributed by atoms with Crippen LogP contribution in [0.25, 0.3) is 0 Å². The second-order valence-corrected chi connectivity index (χ2v) is 11.1. The topological polar surface area (TPSA) is 100 Å². The molecule has 3 N–H and O–H groups in total. The molecule has 43 heavy (non-hydrogen) atoms. The van der Waals surface area contributed by atoms with Crippen molar-refractivity contribution in [1.29, 1.82) is 0 Å². The summed E-state index contributed by atoms with van der Waals surface area (Å²) in [7, 11) is 3.03. The molecule has 1 heterocycles. The minimum atomic E-state index is -4.36. The summed E-state index contributed by atoms with van der Waals surface area (Å²) < 4.78 is 49.6. The van der Waals surface area contributed by atoms with E-state index in [1.54, 1.807) is 19.3 Å². The Hall–Kier alpha value is -3.41. The fourth-order valence-corrected chi connectivity index (χ4v) is 5.63. The standard InChI is InChI=1S/C32H40F3N3O5/c1-38(30(40)12-8-15-32(33,34)35)27-11-6-7-16-43-29-19-25(24-18-22(42-2)13-14-23(24)29)36-20-28(39)26(37-31(27)41)17-21-9-4-3-5-10-21/h3-7,9-10,13-14,18,25-29,36,39H,8,11-12,15-17,19-20H2,1-2H3,(H,37,41)/b7-6-/t25-,26-,27-,28+,29+/m0/s1. The number of nitrogens with one attached hydrogen (secondary N) is 2. The molecule has 2 bridgehead atoms. The van der Waals surface area contributed by atoms with Crippen LogP contribution < -0.4 is 15.4 Å². The summed E-state index contributed by atoms with van der Waals surface area (Å²) in [6, 6.07) is 13.5. The fraction of sp³-hybridized carbons (Fsp3) is 0.500. The molecule has 2 aromatic rings. The van der Waals surface area contributed by atoms with E-state index in [4.69, 9.17) is 9.47 Å². The van der Waals surface area contributed by atoms with E-state index in [0.29, 0.717) is 12.8 Å². The number of methoxy groups -OCH3 is 1. The van der Waals surface area contributed by atoms with Gasteiger partial charge in [-0.2, -0.15) is 13.2 Å². The Labute approximate surface area is 250 Å². The van der Waals surface area contributed by atoms with Crippen LogP contribution in [0, 0.1) is 0 Å². The molecule has 0 aromatic heterocycles. The zero-order valence-corrected chi connectivity index (χ0v) is 24.5. The first-order valence-electron chi connectivity index (χ1n) is 14.6. The lowest BCUT2D eigenvalue weighted by Gasteiger charge is -2.31. The van der Waals surface area contributed by atoms with Gasteiger partial charge >= 0.3 is 6.18 Å². The van der Waals surface area contributed by atoms with Gasteiger partial charge in [0.05, 0.1) is 32.0 Å². The first-order chi connectivity index (χ1) is 20.6. The molecular formula is C32H40F3N3O5. The number of β-amino-alcohol motifs (C(OH)–C–C–N with tert-alkyl or cyclic N) is 1. The first-order valence-corrected chi connectivity index (χ1v) is 14.6. The highest BCUT2D eigenvalue weighted by Gasteiger charge is 2.35. The predicted molar refractivity (Wildman–Crippen MR) is 155 cm³/mol. The molecule has 2 amide bonds. The van der Waals surface area contributed by atoms with E-state index in [0.717, 1.165) is 22.4 Å². The molecule has 1 aliphatic carbocycles. The molecule has 0 saturated heterocycles. The van der Waals surface area contributed by atoms with Crippen molar-refractivity contribution < 1.29 is 37.3 Å². The highest BCUT2D eigenvalue weighted by molar-refractivity contribution is 5.88. The van der Waals surface area contributed by atoms with Crippen molar-refractivity contribution in [3.05, 3.63) is 77.4 Å². The van der Waals surface area contributed by atoms with Crippen molar-refractivity contribution in [1.82, 2.24) is 15.5 Å². The van der Waals surface area contributed by atoms with E-state index >= 15 is 0 Å². The minimum absolute atomic E-state index is 0.111. The number of nitrogens with zero attached hydrogens (tertiary/aromatic N) is 1. The van der Waals surface area contributed by atoms with Gasteiger partial charge in [-0.1, -0.05) is 48.6 Å². The molecule has 0 radical (unpaired) electrons. The summed E-state index contributed by atoms with van der Waals surface area (Å²) in [5.74, 6) is -0.333. The maximum Gasteiger partial charge on any atom is 0.389 e. The summed E-state index contributed by atoms with van der Waals surface area (Å²) in [6.45, 7) is 0.431. The Morgan fingerprint density at radius 3 is 2.63 bits per heavy atom. The Balaban J connectivity index is 1.58. The monoisotopic (exact) mass is 603 g/mol. The average Bonchev–Trinajstić information content (AvgIpc) is 3.32. The molecule has 234 valence electrons. The van der Waals surface area contributed by atoms with Crippen molar-refractivity contribution in [3.8, 4) is 5.75 Å². The van der Waals surface area contributed by atoms with E-state index in [1.165, 1.54) is 11.9 Å². The van der Waals surface area contributed by atoms with Gasteiger partial charge < -0.3 is 30.1 Å². The molecule has 1 aliphatic heterocycles. The van der Waals surface area contributed by atoms with E-state index < -0.39 is 42.6 Å². The van der Waals surface area contributed by atoms with Crippen molar-refractivity contribution in [2.75, 3.05) is 27.3 Å². The molecule has 2 aromatic carbocycles. The van der Waals surface area contributed by atoms with E-state index in [9.17, 15) is 27.9 Å². The SMILES string of the molecule is COc1ccc2c(c1)[C@@H]1C[C@H]2OC/C=C\C[C@H](N(C)C(=O)CCCC(F)(F)F)C(=O)N[C@@H](Cc2ccccc2)[C@H](O)CN1. The van der Waals surface area contributed by atoms with Crippen LogP contribution in [0.5, 0.6) is 5.75 Å².